The standard InChI is InChI=1S/C27H30N8O2S/c1-5-35-18(11-16-8-6-7-14(2)21(16)26(35)37)13-32-25(31-4)22(24(29)30)23(28)17-9-10-19-20(12-17)38-27(34-19)33-15(3)36/h6-12H,5,13,28H2,1-4H3,(H3,29,30)(H,31,32)(H,33,34,36). The summed E-state index contributed by atoms with van der Waals surface area (Å²) in [5.41, 5.74) is 16.0. The van der Waals surface area contributed by atoms with Gasteiger partial charge in [0, 0.05) is 26.2 Å². The zero-order chi connectivity index (χ0) is 27.6. The van der Waals surface area contributed by atoms with Crippen LogP contribution in [0.1, 0.15) is 30.7 Å². The highest BCUT2D eigenvalue weighted by molar-refractivity contribution is 7.22. The number of amides is 1. The number of aryl methyl sites for hydroxylation is 1. The highest BCUT2D eigenvalue weighted by Gasteiger charge is 2.18. The first-order valence-corrected chi connectivity index (χ1v) is 12.8. The number of aromatic nitrogens is 2. The number of nitrogens with two attached hydrogens (primary N) is 2. The van der Waals surface area contributed by atoms with Crippen molar-refractivity contribution in [2.24, 2.45) is 16.5 Å². The molecule has 0 saturated carbocycles. The molecule has 4 rings (SSSR count). The summed E-state index contributed by atoms with van der Waals surface area (Å²) in [6.45, 7) is 6.06. The first-order chi connectivity index (χ1) is 18.1. The normalized spacial score (nSPS) is 12.5. The Morgan fingerprint density at radius 1 is 1.21 bits per heavy atom. The third-order valence-corrected chi connectivity index (χ3v) is 7.10. The van der Waals surface area contributed by atoms with Gasteiger partial charge in [-0.25, -0.2) is 4.98 Å². The van der Waals surface area contributed by atoms with Gasteiger partial charge in [-0.2, -0.15) is 0 Å². The molecule has 0 aliphatic heterocycles. The maximum atomic E-state index is 13.2. The zero-order valence-corrected chi connectivity index (χ0v) is 22.5. The van der Waals surface area contributed by atoms with Crippen molar-refractivity contribution in [1.29, 1.82) is 5.41 Å². The van der Waals surface area contributed by atoms with E-state index in [1.807, 2.05) is 44.2 Å². The van der Waals surface area contributed by atoms with Crippen molar-refractivity contribution in [2.45, 2.75) is 33.9 Å². The second-order valence-electron chi connectivity index (χ2n) is 8.74. The number of carbonyl (C=O) groups is 1. The number of anilines is 1. The number of pyridine rings is 1. The summed E-state index contributed by atoms with van der Waals surface area (Å²) < 4.78 is 2.54. The number of fused-ring (bicyclic) bond motifs is 2. The number of nitrogens with one attached hydrogen (secondary N) is 3. The van der Waals surface area contributed by atoms with E-state index in [0.29, 0.717) is 34.0 Å². The lowest BCUT2D eigenvalue weighted by Gasteiger charge is -2.18. The van der Waals surface area contributed by atoms with Crippen LogP contribution in [0.5, 0.6) is 0 Å². The molecule has 0 saturated heterocycles. The third-order valence-electron chi connectivity index (χ3n) is 6.17. The second-order valence-corrected chi connectivity index (χ2v) is 9.77. The fourth-order valence-corrected chi connectivity index (χ4v) is 5.36. The number of rotatable bonds is 7. The van der Waals surface area contributed by atoms with Crippen LogP contribution in [0.25, 0.3) is 26.7 Å². The van der Waals surface area contributed by atoms with Gasteiger partial charge in [0.15, 0.2) is 5.13 Å². The maximum Gasteiger partial charge on any atom is 0.258 e. The highest BCUT2D eigenvalue weighted by Crippen LogP contribution is 2.29. The van der Waals surface area contributed by atoms with Crippen molar-refractivity contribution in [3.8, 4) is 0 Å². The molecule has 0 spiro atoms. The Labute approximate surface area is 223 Å². The summed E-state index contributed by atoms with van der Waals surface area (Å²) >= 11 is 1.32. The first kappa shape index (κ1) is 26.6. The van der Waals surface area contributed by atoms with E-state index >= 15 is 0 Å². The molecular formula is C27H30N8O2S. The van der Waals surface area contributed by atoms with Crippen molar-refractivity contribution < 1.29 is 4.79 Å². The van der Waals surface area contributed by atoms with Crippen molar-refractivity contribution in [3.05, 3.63) is 75.2 Å². The average molecular weight is 531 g/mol. The Balaban J connectivity index is 1.70. The molecule has 7 N–H and O–H groups in total. The van der Waals surface area contributed by atoms with Crippen molar-refractivity contribution in [2.75, 3.05) is 12.4 Å². The molecule has 0 bridgehead atoms. The summed E-state index contributed by atoms with van der Waals surface area (Å²) in [6.07, 6.45) is 0. The van der Waals surface area contributed by atoms with E-state index < -0.39 is 0 Å². The largest absolute Gasteiger partial charge is 0.398 e. The van der Waals surface area contributed by atoms with Crippen LogP contribution in [0.2, 0.25) is 0 Å². The number of hydrogen-bond acceptors (Lipinski definition) is 7. The predicted molar refractivity (Wildman–Crippen MR) is 156 cm³/mol. The van der Waals surface area contributed by atoms with Crippen LogP contribution in [0.15, 0.2) is 57.8 Å². The molecule has 2 aromatic carbocycles. The van der Waals surface area contributed by atoms with E-state index in [-0.39, 0.29) is 35.1 Å². The number of carbonyl (C=O) groups excluding carboxylic acids is 1. The Hall–Kier alpha value is -4.51. The van der Waals surface area contributed by atoms with E-state index in [1.54, 1.807) is 23.7 Å². The molecule has 0 fully saturated rings. The Morgan fingerprint density at radius 2 is 1.97 bits per heavy atom. The monoisotopic (exact) mass is 530 g/mol. The van der Waals surface area contributed by atoms with Gasteiger partial charge in [-0.3, -0.25) is 20.0 Å². The van der Waals surface area contributed by atoms with E-state index in [0.717, 1.165) is 21.3 Å². The number of nitrogens with zero attached hydrogens (tertiary/aromatic N) is 3. The Morgan fingerprint density at radius 3 is 2.63 bits per heavy atom. The number of aliphatic imine (C=N–C) groups is 1. The first-order valence-electron chi connectivity index (χ1n) is 12.0. The lowest BCUT2D eigenvalue weighted by Crippen LogP contribution is -2.35. The molecule has 10 nitrogen and oxygen atoms in total. The van der Waals surface area contributed by atoms with Crippen molar-refractivity contribution in [3.63, 3.8) is 0 Å². The summed E-state index contributed by atoms with van der Waals surface area (Å²) in [7, 11) is 1.58. The molecular weight excluding hydrogens is 500 g/mol. The van der Waals surface area contributed by atoms with Gasteiger partial charge in [-0.05, 0) is 48.6 Å². The van der Waals surface area contributed by atoms with Gasteiger partial charge in [-0.1, -0.05) is 35.6 Å². The maximum absolute atomic E-state index is 13.2. The molecule has 0 atom stereocenters. The lowest BCUT2D eigenvalue weighted by molar-refractivity contribution is -0.114. The molecule has 2 aromatic heterocycles. The summed E-state index contributed by atoms with van der Waals surface area (Å²) in [5.74, 6) is -0.119. The number of hydrogen-bond donors (Lipinski definition) is 5. The SMILES string of the molecule is CCn1c(CNC(=NC)C(C(=N)N)=C(N)c2ccc3nc(NC(C)=O)sc3c2)cc2cccc(C)c2c1=O. The van der Waals surface area contributed by atoms with E-state index in [4.69, 9.17) is 16.9 Å². The predicted octanol–water partition coefficient (Wildman–Crippen LogP) is 3.32. The van der Waals surface area contributed by atoms with Crippen LogP contribution in [-0.2, 0) is 17.9 Å². The van der Waals surface area contributed by atoms with Gasteiger partial charge in [0.2, 0.25) is 5.91 Å². The zero-order valence-electron chi connectivity index (χ0n) is 21.7. The van der Waals surface area contributed by atoms with Crippen LogP contribution >= 0.6 is 11.3 Å². The molecule has 1 amide bonds. The Bertz CT molecular complexity index is 1700. The van der Waals surface area contributed by atoms with Gasteiger partial charge in [0.25, 0.3) is 5.56 Å². The Kier molecular flexibility index (Phi) is 7.58. The van der Waals surface area contributed by atoms with Crippen LogP contribution in [-0.4, -0.2) is 34.2 Å². The molecule has 11 heteroatoms. The molecule has 0 radical (unpaired) electrons. The van der Waals surface area contributed by atoms with Crippen LogP contribution in [0.4, 0.5) is 5.13 Å². The highest BCUT2D eigenvalue weighted by atomic mass is 32.1. The van der Waals surface area contributed by atoms with Crippen LogP contribution < -0.4 is 27.7 Å². The van der Waals surface area contributed by atoms with Crippen molar-refractivity contribution in [1.82, 2.24) is 14.9 Å². The molecule has 4 aromatic rings. The second kappa shape index (κ2) is 10.9. The smallest absolute Gasteiger partial charge is 0.258 e. The van der Waals surface area contributed by atoms with Crippen LogP contribution in [0, 0.1) is 12.3 Å². The summed E-state index contributed by atoms with van der Waals surface area (Å²) in [6, 6.07) is 13.2. The summed E-state index contributed by atoms with van der Waals surface area (Å²) in [5, 5.41) is 16.2. The molecule has 0 aliphatic carbocycles. The minimum absolute atomic E-state index is 0.0479. The molecule has 0 aliphatic rings. The number of thiazole rings is 1. The quantitative estimate of drug-likeness (QED) is 0.182. The minimum Gasteiger partial charge on any atom is -0.398 e. The molecule has 2 heterocycles. The number of amidine groups is 2. The van der Waals surface area contributed by atoms with Gasteiger partial charge < -0.3 is 26.7 Å². The van der Waals surface area contributed by atoms with E-state index in [1.165, 1.54) is 18.3 Å². The summed E-state index contributed by atoms with van der Waals surface area (Å²) in [4.78, 5) is 33.3. The van der Waals surface area contributed by atoms with Gasteiger partial charge in [0.05, 0.1) is 33.4 Å². The number of benzene rings is 2. The topological polar surface area (TPSA) is 164 Å². The van der Waals surface area contributed by atoms with Gasteiger partial charge in [-0.15, -0.1) is 0 Å². The lowest BCUT2D eigenvalue weighted by atomic mass is 10.0. The van der Waals surface area contributed by atoms with E-state index in [9.17, 15) is 9.59 Å². The molecule has 38 heavy (non-hydrogen) atoms. The van der Waals surface area contributed by atoms with Gasteiger partial charge >= 0.3 is 0 Å². The van der Waals surface area contributed by atoms with E-state index in [2.05, 4.69) is 20.6 Å². The molecule has 196 valence electrons. The fourth-order valence-electron chi connectivity index (χ4n) is 4.41. The van der Waals surface area contributed by atoms with Crippen molar-refractivity contribution >= 4 is 60.7 Å². The van der Waals surface area contributed by atoms with Crippen LogP contribution in [0.3, 0.4) is 0 Å². The minimum atomic E-state index is -0.249. The molecule has 0 unspecified atom stereocenters. The average Bonchev–Trinajstić information content (AvgIpc) is 3.26. The third kappa shape index (κ3) is 5.14. The fraction of sp³-hybridized carbons (Fsp3) is 0.222. The van der Waals surface area contributed by atoms with Gasteiger partial charge in [0.1, 0.15) is 11.7 Å².